The zero-order valence-corrected chi connectivity index (χ0v) is 10.0. The van der Waals surface area contributed by atoms with Crippen LogP contribution >= 0.6 is 11.8 Å². The average Bonchev–Trinajstić information content (AvgIpc) is 2.61. The van der Waals surface area contributed by atoms with Gasteiger partial charge in [0.15, 0.2) is 0 Å². The second kappa shape index (κ2) is 6.00. The third-order valence-electron chi connectivity index (χ3n) is 2.49. The van der Waals surface area contributed by atoms with Crippen molar-refractivity contribution in [2.45, 2.75) is 25.8 Å². The van der Waals surface area contributed by atoms with Crippen molar-refractivity contribution in [2.24, 2.45) is 5.92 Å². The summed E-state index contributed by atoms with van der Waals surface area (Å²) in [6, 6.07) is 0.195. The van der Waals surface area contributed by atoms with Gasteiger partial charge in [-0.1, -0.05) is 0 Å². The van der Waals surface area contributed by atoms with Crippen LogP contribution in [0.25, 0.3) is 0 Å². The van der Waals surface area contributed by atoms with Gasteiger partial charge in [0.2, 0.25) is 11.8 Å². The molecule has 86 valence electrons. The van der Waals surface area contributed by atoms with E-state index in [1.165, 1.54) is 0 Å². The summed E-state index contributed by atoms with van der Waals surface area (Å²) in [6.45, 7) is 2.48. The molecule has 0 aromatic heterocycles. The van der Waals surface area contributed by atoms with Crippen molar-refractivity contribution in [3.8, 4) is 0 Å². The second-order valence-electron chi connectivity index (χ2n) is 3.90. The van der Waals surface area contributed by atoms with Gasteiger partial charge >= 0.3 is 0 Å². The molecule has 0 aromatic rings. The van der Waals surface area contributed by atoms with Crippen molar-refractivity contribution in [2.75, 3.05) is 18.6 Å². The van der Waals surface area contributed by atoms with Gasteiger partial charge in [-0.05, 0) is 25.4 Å². The summed E-state index contributed by atoms with van der Waals surface area (Å²) < 4.78 is 0. The number of nitrogens with one attached hydrogen (secondary N) is 2. The lowest BCUT2D eigenvalue weighted by molar-refractivity contribution is -0.127. The molecular formula is C10H18N2O2S. The van der Waals surface area contributed by atoms with Crippen LogP contribution in [0.4, 0.5) is 0 Å². The highest BCUT2D eigenvalue weighted by molar-refractivity contribution is 7.98. The number of carbonyl (C=O) groups excluding carboxylic acids is 2. The minimum Gasteiger partial charge on any atom is -0.355 e. The molecule has 1 saturated heterocycles. The molecule has 0 saturated carbocycles. The first-order valence-corrected chi connectivity index (χ1v) is 6.59. The minimum atomic E-state index is -0.172. The van der Waals surface area contributed by atoms with Crippen LogP contribution in [-0.4, -0.2) is 36.4 Å². The fraction of sp³-hybridized carbons (Fsp3) is 0.800. The van der Waals surface area contributed by atoms with Gasteiger partial charge in [0.05, 0.1) is 5.92 Å². The molecule has 0 aliphatic carbocycles. The Labute approximate surface area is 94.6 Å². The van der Waals surface area contributed by atoms with Crippen molar-refractivity contribution in [3.05, 3.63) is 0 Å². The van der Waals surface area contributed by atoms with Crippen LogP contribution in [0.1, 0.15) is 19.8 Å². The lowest BCUT2D eigenvalue weighted by atomic mass is 10.1. The Kier molecular flexibility index (Phi) is 4.94. The summed E-state index contributed by atoms with van der Waals surface area (Å²) in [6.07, 6.45) is 3.36. The molecule has 4 nitrogen and oxygen atoms in total. The molecule has 2 N–H and O–H groups in total. The molecule has 1 heterocycles. The number of hydrogen-bond acceptors (Lipinski definition) is 3. The first-order chi connectivity index (χ1) is 7.13. The summed E-state index contributed by atoms with van der Waals surface area (Å²) in [7, 11) is 0. The van der Waals surface area contributed by atoms with E-state index in [-0.39, 0.29) is 23.8 Å². The Hall–Kier alpha value is -0.710. The van der Waals surface area contributed by atoms with Gasteiger partial charge in [0.1, 0.15) is 0 Å². The maximum Gasteiger partial charge on any atom is 0.225 e. The number of amides is 2. The van der Waals surface area contributed by atoms with Crippen LogP contribution in [0, 0.1) is 5.92 Å². The van der Waals surface area contributed by atoms with Crippen molar-refractivity contribution >= 4 is 23.6 Å². The Morgan fingerprint density at radius 3 is 3.00 bits per heavy atom. The zero-order chi connectivity index (χ0) is 11.3. The lowest BCUT2D eigenvalue weighted by Crippen LogP contribution is -2.38. The SMILES string of the molecule is CSCCC(C)NC(=O)C1CNC(=O)C1. The van der Waals surface area contributed by atoms with Gasteiger partial charge in [-0.15, -0.1) is 0 Å². The predicted octanol–water partition coefficient (Wildman–Crippen LogP) is 0.380. The monoisotopic (exact) mass is 230 g/mol. The van der Waals surface area contributed by atoms with E-state index in [4.69, 9.17) is 0 Å². The summed E-state index contributed by atoms with van der Waals surface area (Å²) in [5, 5.41) is 5.60. The van der Waals surface area contributed by atoms with E-state index < -0.39 is 0 Å². The topological polar surface area (TPSA) is 58.2 Å². The standard InChI is InChI=1S/C10H18N2O2S/c1-7(3-4-15-2)12-10(14)8-5-9(13)11-6-8/h7-8H,3-6H2,1-2H3,(H,11,13)(H,12,14). The molecule has 1 aliphatic heterocycles. The number of rotatable bonds is 5. The first-order valence-electron chi connectivity index (χ1n) is 5.19. The second-order valence-corrected chi connectivity index (χ2v) is 4.88. The zero-order valence-electron chi connectivity index (χ0n) is 9.21. The van der Waals surface area contributed by atoms with Gasteiger partial charge < -0.3 is 10.6 Å². The van der Waals surface area contributed by atoms with Crippen molar-refractivity contribution in [1.29, 1.82) is 0 Å². The molecule has 2 atom stereocenters. The first kappa shape index (κ1) is 12.4. The maximum atomic E-state index is 11.7. The third kappa shape index (κ3) is 4.11. The van der Waals surface area contributed by atoms with E-state index in [2.05, 4.69) is 10.6 Å². The van der Waals surface area contributed by atoms with E-state index in [9.17, 15) is 9.59 Å². The highest BCUT2D eigenvalue weighted by Gasteiger charge is 2.28. The third-order valence-corrected chi connectivity index (χ3v) is 3.14. The quantitative estimate of drug-likeness (QED) is 0.718. The summed E-state index contributed by atoms with van der Waals surface area (Å²) in [5.41, 5.74) is 0. The van der Waals surface area contributed by atoms with Crippen molar-refractivity contribution < 1.29 is 9.59 Å². The number of hydrogen-bond donors (Lipinski definition) is 2. The normalized spacial score (nSPS) is 22.3. The van der Waals surface area contributed by atoms with Crippen molar-refractivity contribution in [1.82, 2.24) is 10.6 Å². The van der Waals surface area contributed by atoms with Crippen LogP contribution in [0.3, 0.4) is 0 Å². The van der Waals surface area contributed by atoms with Crippen LogP contribution < -0.4 is 10.6 Å². The van der Waals surface area contributed by atoms with E-state index >= 15 is 0 Å². The highest BCUT2D eigenvalue weighted by Crippen LogP contribution is 2.09. The smallest absolute Gasteiger partial charge is 0.225 e. The number of thioether (sulfide) groups is 1. The Morgan fingerprint density at radius 1 is 1.73 bits per heavy atom. The molecule has 1 aliphatic rings. The fourth-order valence-electron chi connectivity index (χ4n) is 1.52. The lowest BCUT2D eigenvalue weighted by Gasteiger charge is -2.15. The van der Waals surface area contributed by atoms with Gasteiger partial charge in [-0.25, -0.2) is 0 Å². The molecule has 1 fully saturated rings. The molecule has 0 bridgehead atoms. The average molecular weight is 230 g/mol. The largest absolute Gasteiger partial charge is 0.355 e. The Morgan fingerprint density at radius 2 is 2.47 bits per heavy atom. The van der Waals surface area contributed by atoms with Gasteiger partial charge in [-0.2, -0.15) is 11.8 Å². The van der Waals surface area contributed by atoms with Crippen LogP contribution in [0.15, 0.2) is 0 Å². The fourth-order valence-corrected chi connectivity index (χ4v) is 2.11. The Balaban J connectivity index is 2.25. The van der Waals surface area contributed by atoms with Gasteiger partial charge in [0, 0.05) is 19.0 Å². The molecule has 15 heavy (non-hydrogen) atoms. The van der Waals surface area contributed by atoms with Crippen LogP contribution in [0.5, 0.6) is 0 Å². The molecule has 0 aromatic carbocycles. The summed E-state index contributed by atoms with van der Waals surface area (Å²) in [4.78, 5) is 22.6. The summed E-state index contributed by atoms with van der Waals surface area (Å²) in [5.74, 6) is 0.853. The predicted molar refractivity (Wildman–Crippen MR) is 61.7 cm³/mol. The molecule has 1 rings (SSSR count). The van der Waals surface area contributed by atoms with Crippen molar-refractivity contribution in [3.63, 3.8) is 0 Å². The molecule has 5 heteroatoms. The summed E-state index contributed by atoms with van der Waals surface area (Å²) >= 11 is 1.77. The van der Waals surface area contributed by atoms with Gasteiger partial charge in [-0.3, -0.25) is 9.59 Å². The highest BCUT2D eigenvalue weighted by atomic mass is 32.2. The van der Waals surface area contributed by atoms with E-state index in [1.54, 1.807) is 11.8 Å². The van der Waals surface area contributed by atoms with Crippen LogP contribution in [0.2, 0.25) is 0 Å². The van der Waals surface area contributed by atoms with Crippen LogP contribution in [-0.2, 0) is 9.59 Å². The van der Waals surface area contributed by atoms with E-state index in [1.807, 2.05) is 13.2 Å². The van der Waals surface area contributed by atoms with E-state index in [0.29, 0.717) is 13.0 Å². The maximum absolute atomic E-state index is 11.7. The van der Waals surface area contributed by atoms with E-state index in [0.717, 1.165) is 12.2 Å². The Bertz CT molecular complexity index is 246. The molecule has 0 spiro atoms. The molecular weight excluding hydrogens is 212 g/mol. The van der Waals surface area contributed by atoms with Gasteiger partial charge in [0.25, 0.3) is 0 Å². The molecule has 0 radical (unpaired) electrons. The number of carbonyl (C=O) groups is 2. The minimum absolute atomic E-state index is 0.00181. The molecule has 2 amide bonds. The molecule has 2 unspecified atom stereocenters.